The van der Waals surface area contributed by atoms with Gasteiger partial charge in [0.1, 0.15) is 11.6 Å². The molecule has 127 heavy (non-hydrogen) atoms. The molecule has 4 N–H and O–H groups in total. The number of imidazole rings is 3. The average molecular weight is 1880 g/mol. The lowest BCUT2D eigenvalue weighted by atomic mass is 9.89. The number of aliphatic imine (C=N–C) groups is 2. The first kappa shape index (κ1) is 118. The quantitative estimate of drug-likeness (QED) is 0.0530. The van der Waals surface area contributed by atoms with Crippen molar-refractivity contribution >= 4 is 64.2 Å². The summed E-state index contributed by atoms with van der Waals surface area (Å²) < 4.78 is 125. The fourth-order valence-corrected chi connectivity index (χ4v) is 18.2. The van der Waals surface area contributed by atoms with Crippen molar-refractivity contribution in [2.75, 3.05) is 85.8 Å². The monoisotopic (exact) mass is 1880 g/mol. The van der Waals surface area contributed by atoms with Crippen molar-refractivity contribution in [2.24, 2.45) is 71.2 Å². The molecule has 4 saturated heterocycles. The van der Waals surface area contributed by atoms with E-state index in [9.17, 15) is 33.7 Å². The lowest BCUT2D eigenvalue weighted by Gasteiger charge is -2.27. The minimum atomic E-state index is -3.42. The molecule has 0 radical (unpaired) electrons. The summed E-state index contributed by atoms with van der Waals surface area (Å²) >= 11 is 1.73. The molecule has 0 bridgehead atoms. The number of hydrogen-bond acceptors (Lipinski definition) is 20. The molecule has 732 valence electrons. The van der Waals surface area contributed by atoms with Gasteiger partial charge in [-0.1, -0.05) is 225 Å². The summed E-state index contributed by atoms with van der Waals surface area (Å²) in [4.78, 5) is 32.9. The number of morpholine rings is 1. The van der Waals surface area contributed by atoms with E-state index in [0.29, 0.717) is 93.8 Å². The number of aromatic nitrogens is 9. The summed E-state index contributed by atoms with van der Waals surface area (Å²) in [6.07, 6.45) is 36.6. The first-order valence-electron chi connectivity index (χ1n) is 45.4. The number of hydrogen-bond donors (Lipinski definition) is 4. The second kappa shape index (κ2) is 52.9. The van der Waals surface area contributed by atoms with Gasteiger partial charge < -0.3 is 23.4 Å². The highest BCUT2D eigenvalue weighted by atomic mass is 32.2. The molecule has 0 saturated carbocycles. The maximum atomic E-state index is 12.1. The van der Waals surface area contributed by atoms with Gasteiger partial charge in [-0.25, -0.2) is 29.4 Å². The number of H-pyrrole nitrogens is 1. The van der Waals surface area contributed by atoms with Gasteiger partial charge in [0.2, 0.25) is 6.39 Å². The minimum Gasteiger partial charge on any atom is -0.379 e. The molecule has 0 spiro atoms. The fourth-order valence-electron chi connectivity index (χ4n) is 12.8. The number of rotatable bonds is 21. The Morgan fingerprint density at radius 2 is 1.09 bits per heavy atom. The Morgan fingerprint density at radius 3 is 1.50 bits per heavy atom. The second-order valence-corrected chi connectivity index (χ2v) is 53.8. The zero-order chi connectivity index (χ0) is 97.0. The predicted molar refractivity (Wildman–Crippen MR) is 525 cm³/mol. The molecule has 5 aromatic heterocycles. The molecule has 0 aromatic carbocycles. The molecule has 11 heterocycles. The summed E-state index contributed by atoms with van der Waals surface area (Å²) in [5.74, 6) is 2.87. The summed E-state index contributed by atoms with van der Waals surface area (Å²) in [6.45, 7) is 74.4. The maximum Gasteiger partial charge on any atom is 0.336 e. The summed E-state index contributed by atoms with van der Waals surface area (Å²) in [5, 5.41) is 7.04. The highest BCUT2D eigenvalue weighted by Gasteiger charge is 2.33. The molecule has 5 aromatic rings. The maximum absolute atomic E-state index is 12.1. The Balaban J connectivity index is 0.000000480. The minimum absolute atomic E-state index is 0.0602. The van der Waals surface area contributed by atoms with E-state index >= 15 is 0 Å². The van der Waals surface area contributed by atoms with Crippen molar-refractivity contribution in [3.63, 3.8) is 0 Å². The highest BCUT2D eigenvalue weighted by molar-refractivity contribution is 7.87. The Kier molecular flexibility index (Phi) is 49.1. The van der Waals surface area contributed by atoms with Gasteiger partial charge in [-0.2, -0.15) is 60.6 Å². The molecule has 0 amide bonds. The molecule has 34 heteroatoms. The lowest BCUT2D eigenvalue weighted by Crippen LogP contribution is -2.47. The van der Waals surface area contributed by atoms with Crippen LogP contribution in [-0.2, 0) is 89.1 Å². The molecule has 4 fully saturated rings. The van der Waals surface area contributed by atoms with Gasteiger partial charge in [0, 0.05) is 165 Å². The van der Waals surface area contributed by atoms with E-state index < -0.39 is 40.9 Å². The molecular weight excluding hydrogens is 1710 g/mol. The molecule has 0 aliphatic carbocycles. The molecule has 6 aliphatic rings. The smallest absolute Gasteiger partial charge is 0.336 e. The average Bonchev–Trinajstić information content (AvgIpc) is 1.00. The number of nitrogens with zero attached hydrogens (tertiary/aromatic N) is 14. The zero-order valence-electron chi connectivity index (χ0n) is 84.8. The summed E-state index contributed by atoms with van der Waals surface area (Å²) in [7, 11) is -9.43. The normalized spacial score (nSPS) is 17.4. The second-order valence-electron chi connectivity index (χ2n) is 45.8. The topological polar surface area (TPSA) is 345 Å². The molecule has 6 aliphatic heterocycles. The van der Waals surface area contributed by atoms with Crippen molar-refractivity contribution in [2.45, 2.75) is 330 Å². The standard InChI is InChI=1S/C12H18N4.C11H24N2O2S.C10H22N2O3S.C10H22N2O2S.C9H16N2.C9H15NS.2C9H15N.C7H12N2O.C7H15NO3S/c1-12(2,3)8-11-15-6-7-16(11)9-10-13-4-5-14-10;1-11(2,3)7-10-12(4)16(14,15)13-8-5-6-9-13;1-10(2,3)4-5-11-16(13,14)12-6-8-15-9-7-12;1-10(2,3)6-7-11-15(13,14)12-8-4-5-9-12;1-9(2,3)5-8-6-11(4)7-10-8;1-7-10-8(6-11-7)5-9(2,3)4;2*1-9(2,3)7-8-5-4-6-10-8;1-7(2,3)4-6-8-5-10-9-6;1-7(2,3)4-6-5-11-12(9,10)8-6/h4-7H,8-9H2,1-3H3,(H,13,14);5-10H2,1-4H3;11H,4-9H2,1-3H3;11H,4-9H2,1-3H3;6-7H,5H2,1-4H3;6H,5H2,1-4H3;5-6H,4,7H2,1-3H3;4,6H,5,7H2,1-3H3;5H,4H2,1-3H3;6,8H,4-5H2,1-3H3. The van der Waals surface area contributed by atoms with E-state index in [-0.39, 0.29) is 45.1 Å². The first-order valence-corrected chi connectivity index (χ1v) is 51.9. The van der Waals surface area contributed by atoms with Crippen LogP contribution in [0.4, 0.5) is 0 Å². The Labute approximate surface area is 775 Å². The van der Waals surface area contributed by atoms with Crippen LogP contribution in [-0.4, -0.2) is 199 Å². The summed E-state index contributed by atoms with van der Waals surface area (Å²) in [5.41, 5.74) is 7.60. The molecule has 1 atom stereocenters. The zero-order valence-corrected chi connectivity index (χ0v) is 88.9. The van der Waals surface area contributed by atoms with Crippen molar-refractivity contribution in [3.05, 3.63) is 107 Å². The van der Waals surface area contributed by atoms with Crippen molar-refractivity contribution < 1.29 is 47.1 Å². The first-order chi connectivity index (χ1) is 57.9. The Morgan fingerprint density at radius 1 is 0.583 bits per heavy atom. The molecular formula is C93H174N18O11S5. The van der Waals surface area contributed by atoms with Gasteiger partial charge in [-0.3, -0.25) is 14.2 Å². The fraction of sp³-hybridized carbons (Fsp3) is 0.785. The van der Waals surface area contributed by atoms with Gasteiger partial charge in [0.15, 0.2) is 5.82 Å². The summed E-state index contributed by atoms with van der Waals surface area (Å²) in [6, 6.07) is -0.0602. The number of aryl methyl sites for hydroxylation is 2. The van der Waals surface area contributed by atoms with Gasteiger partial charge in [-0.15, -0.1) is 11.3 Å². The van der Waals surface area contributed by atoms with Crippen molar-refractivity contribution in [3.8, 4) is 0 Å². The number of thiazole rings is 1. The van der Waals surface area contributed by atoms with E-state index in [1.165, 1.54) is 47.1 Å². The molecule has 29 nitrogen and oxygen atoms in total. The number of nitrogens with one attached hydrogen (secondary N) is 4. The third-order valence-corrected chi connectivity index (χ3v) is 25.9. The predicted octanol–water partition coefficient (Wildman–Crippen LogP) is 18.8. The van der Waals surface area contributed by atoms with Crippen LogP contribution < -0.4 is 14.2 Å². The van der Waals surface area contributed by atoms with Crippen LogP contribution >= 0.6 is 11.3 Å². The number of aromatic amines is 1. The van der Waals surface area contributed by atoms with E-state index in [0.717, 1.165) is 127 Å². The van der Waals surface area contributed by atoms with Crippen LogP contribution in [0.5, 0.6) is 0 Å². The van der Waals surface area contributed by atoms with E-state index in [1.54, 1.807) is 28.9 Å². The third kappa shape index (κ3) is 59.7. The van der Waals surface area contributed by atoms with Crippen molar-refractivity contribution in [1.82, 2.24) is 75.6 Å². The molecule has 1 unspecified atom stereocenters. The van der Waals surface area contributed by atoms with Crippen LogP contribution in [0, 0.1) is 61.1 Å². The van der Waals surface area contributed by atoms with Gasteiger partial charge in [0.25, 0.3) is 30.6 Å². The largest absolute Gasteiger partial charge is 0.379 e. The Hall–Kier alpha value is -5.34. The van der Waals surface area contributed by atoms with Crippen LogP contribution in [0.3, 0.4) is 0 Å². The Bertz CT molecular complexity index is 4410. The van der Waals surface area contributed by atoms with Crippen LogP contribution in [0.25, 0.3) is 0 Å². The SMILES string of the molecule is CC(C)(C)CC1=CCC=N1.CC(C)(C)CC1=NC=CC1.CC(C)(C)CC1COS(=O)(=O)N1.CC(C)(C)CCNS(=O)(=O)N1CCCC1.CC(C)(C)CCNS(=O)(=O)N1CCOCC1.CC(C)(C)Cc1nccn1Cc1ncc[nH]1.CC(C)(C)Cc1ncon1.CN(CCC(C)(C)C)S(=O)(=O)N1CCCC1.Cc1nc(CC(C)(C)C)cs1.Cn1cnc(CC(C)(C)C)c1. The lowest BCUT2D eigenvalue weighted by molar-refractivity contribution is 0.0724. The van der Waals surface area contributed by atoms with Crippen LogP contribution in [0.15, 0.2) is 87.6 Å². The molecule has 11 rings (SSSR count). The van der Waals surface area contributed by atoms with Gasteiger partial charge >= 0.3 is 10.3 Å². The van der Waals surface area contributed by atoms with Gasteiger partial charge in [-0.05, 0) is 138 Å². The number of ether oxygens (including phenoxy) is 1. The van der Waals surface area contributed by atoms with E-state index in [1.807, 2.05) is 48.9 Å². The highest BCUT2D eigenvalue weighted by Crippen LogP contribution is 2.30. The van der Waals surface area contributed by atoms with Crippen LogP contribution in [0.2, 0.25) is 0 Å². The third-order valence-electron chi connectivity index (χ3n) is 18.8. The van der Waals surface area contributed by atoms with E-state index in [4.69, 9.17) is 4.74 Å². The van der Waals surface area contributed by atoms with Crippen molar-refractivity contribution in [1.29, 1.82) is 0 Å². The van der Waals surface area contributed by atoms with E-state index in [2.05, 4.69) is 311 Å². The van der Waals surface area contributed by atoms with Crippen LogP contribution in [0.1, 0.15) is 319 Å². The number of allylic oxidation sites excluding steroid dienone is 3. The van der Waals surface area contributed by atoms with Gasteiger partial charge in [0.05, 0.1) is 49.1 Å².